The Bertz CT molecular complexity index is 472. The van der Waals surface area contributed by atoms with Crippen molar-refractivity contribution in [1.82, 2.24) is 4.90 Å². The minimum atomic E-state index is 0.207. The molecule has 2 rings (SSSR count). The normalized spacial score (nSPS) is 19.6. The number of hydrogen-bond acceptors (Lipinski definition) is 3. The van der Waals surface area contributed by atoms with E-state index in [-0.39, 0.29) is 11.8 Å². The first-order chi connectivity index (χ1) is 8.60. The van der Waals surface area contributed by atoms with Gasteiger partial charge >= 0.3 is 0 Å². The molecule has 0 aliphatic carbocycles. The van der Waals surface area contributed by atoms with Gasteiger partial charge in [-0.1, -0.05) is 13.8 Å². The molecule has 0 spiro atoms. The molecule has 1 saturated heterocycles. The molecule has 0 N–H and O–H groups in total. The molecule has 1 aliphatic heterocycles. The molecule has 3 nitrogen and oxygen atoms in total. The smallest absolute Gasteiger partial charge is 0.226 e. The number of likely N-dealkylation sites (tertiary alicyclic amines) is 1. The second kappa shape index (κ2) is 5.53. The second-order valence-corrected chi connectivity index (χ2v) is 6.22. The van der Waals surface area contributed by atoms with Crippen molar-refractivity contribution < 1.29 is 4.79 Å². The molecule has 1 fully saturated rings. The SMILES string of the molecule is CC(C)CC1CCN(Cc2csc(C#N)c2)C1=O. The first kappa shape index (κ1) is 13.1. The van der Waals surface area contributed by atoms with Crippen LogP contribution in [0.5, 0.6) is 0 Å². The van der Waals surface area contributed by atoms with Gasteiger partial charge in [0.1, 0.15) is 10.9 Å². The average Bonchev–Trinajstić information content (AvgIpc) is 2.90. The molecule has 1 amide bonds. The van der Waals surface area contributed by atoms with E-state index in [0.717, 1.165) is 29.8 Å². The second-order valence-electron chi connectivity index (χ2n) is 5.31. The maximum Gasteiger partial charge on any atom is 0.226 e. The van der Waals surface area contributed by atoms with Crippen LogP contribution in [0, 0.1) is 23.2 Å². The monoisotopic (exact) mass is 262 g/mol. The maximum atomic E-state index is 12.2. The molecule has 0 bridgehead atoms. The molecule has 1 aliphatic rings. The lowest BCUT2D eigenvalue weighted by atomic mass is 9.96. The summed E-state index contributed by atoms with van der Waals surface area (Å²) in [4.78, 5) is 14.8. The van der Waals surface area contributed by atoms with E-state index in [1.165, 1.54) is 11.3 Å². The highest BCUT2D eigenvalue weighted by atomic mass is 32.1. The summed E-state index contributed by atoms with van der Waals surface area (Å²) in [5, 5.41) is 10.8. The highest BCUT2D eigenvalue weighted by Gasteiger charge is 2.31. The molecule has 18 heavy (non-hydrogen) atoms. The average molecular weight is 262 g/mol. The summed E-state index contributed by atoms with van der Waals surface area (Å²) in [5.41, 5.74) is 1.08. The molecule has 96 valence electrons. The molecule has 0 radical (unpaired) electrons. The van der Waals surface area contributed by atoms with Crippen LogP contribution in [0.1, 0.15) is 37.1 Å². The Labute approximate surface area is 112 Å². The summed E-state index contributed by atoms with van der Waals surface area (Å²) in [6, 6.07) is 4.02. The highest BCUT2D eigenvalue weighted by molar-refractivity contribution is 7.10. The zero-order chi connectivity index (χ0) is 13.1. The van der Waals surface area contributed by atoms with Crippen molar-refractivity contribution in [3.63, 3.8) is 0 Å². The Morgan fingerprint density at radius 1 is 1.61 bits per heavy atom. The van der Waals surface area contributed by atoms with Gasteiger partial charge < -0.3 is 4.90 Å². The highest BCUT2D eigenvalue weighted by Crippen LogP contribution is 2.26. The molecular formula is C14H18N2OS. The third kappa shape index (κ3) is 2.91. The Kier molecular flexibility index (Phi) is 4.03. The van der Waals surface area contributed by atoms with Gasteiger partial charge in [0.15, 0.2) is 0 Å². The minimum absolute atomic E-state index is 0.207. The summed E-state index contributed by atoms with van der Waals surface area (Å²) in [7, 11) is 0. The van der Waals surface area contributed by atoms with Gasteiger partial charge in [0.2, 0.25) is 5.91 Å². The Balaban J connectivity index is 1.95. The predicted molar refractivity (Wildman–Crippen MR) is 72.0 cm³/mol. The fraction of sp³-hybridized carbons (Fsp3) is 0.571. The quantitative estimate of drug-likeness (QED) is 0.837. The summed E-state index contributed by atoms with van der Waals surface area (Å²) in [6.45, 7) is 5.83. The van der Waals surface area contributed by atoms with E-state index in [4.69, 9.17) is 5.26 Å². The summed E-state index contributed by atoms with van der Waals surface area (Å²) in [6.07, 6.45) is 1.97. The third-order valence-electron chi connectivity index (χ3n) is 3.30. The van der Waals surface area contributed by atoms with Crippen molar-refractivity contribution in [2.45, 2.75) is 33.2 Å². The predicted octanol–water partition coefficient (Wildman–Crippen LogP) is 3.01. The van der Waals surface area contributed by atoms with E-state index >= 15 is 0 Å². The van der Waals surface area contributed by atoms with Crippen molar-refractivity contribution in [3.05, 3.63) is 21.9 Å². The topological polar surface area (TPSA) is 44.1 Å². The van der Waals surface area contributed by atoms with Crippen LogP contribution in [-0.2, 0) is 11.3 Å². The minimum Gasteiger partial charge on any atom is -0.338 e. The van der Waals surface area contributed by atoms with Crippen LogP contribution in [-0.4, -0.2) is 17.4 Å². The van der Waals surface area contributed by atoms with Crippen LogP contribution in [0.3, 0.4) is 0 Å². The zero-order valence-electron chi connectivity index (χ0n) is 10.8. The van der Waals surface area contributed by atoms with E-state index in [2.05, 4.69) is 19.9 Å². The lowest BCUT2D eigenvalue weighted by Gasteiger charge is -2.16. The number of amides is 1. The number of nitrogens with zero attached hydrogens (tertiary/aromatic N) is 2. The Hall–Kier alpha value is -1.34. The fourth-order valence-electron chi connectivity index (χ4n) is 2.49. The lowest BCUT2D eigenvalue weighted by molar-refractivity contribution is -0.131. The molecular weight excluding hydrogens is 244 g/mol. The van der Waals surface area contributed by atoms with Gasteiger partial charge in [0.25, 0.3) is 0 Å². The summed E-state index contributed by atoms with van der Waals surface area (Å²) >= 11 is 1.45. The Morgan fingerprint density at radius 2 is 2.39 bits per heavy atom. The molecule has 0 aromatic carbocycles. The maximum absolute atomic E-state index is 12.2. The van der Waals surface area contributed by atoms with E-state index in [0.29, 0.717) is 12.5 Å². The van der Waals surface area contributed by atoms with Gasteiger partial charge in [-0.05, 0) is 35.8 Å². The van der Waals surface area contributed by atoms with Crippen LogP contribution in [0.15, 0.2) is 11.4 Å². The Morgan fingerprint density at radius 3 is 3.00 bits per heavy atom. The molecule has 1 aromatic heterocycles. The zero-order valence-corrected chi connectivity index (χ0v) is 11.7. The van der Waals surface area contributed by atoms with Crippen LogP contribution in [0.4, 0.5) is 0 Å². The molecule has 0 saturated carbocycles. The van der Waals surface area contributed by atoms with Gasteiger partial charge in [-0.3, -0.25) is 4.79 Å². The number of thiophene rings is 1. The standard InChI is InChI=1S/C14H18N2OS/c1-10(2)5-12-3-4-16(14(12)17)8-11-6-13(7-15)18-9-11/h6,9-10,12H,3-5,8H2,1-2H3. The summed E-state index contributed by atoms with van der Waals surface area (Å²) < 4.78 is 0. The van der Waals surface area contributed by atoms with Crippen molar-refractivity contribution in [1.29, 1.82) is 5.26 Å². The van der Waals surface area contributed by atoms with Crippen LogP contribution in [0.2, 0.25) is 0 Å². The first-order valence-corrected chi connectivity index (χ1v) is 7.24. The van der Waals surface area contributed by atoms with Crippen molar-refractivity contribution in [2.75, 3.05) is 6.54 Å². The van der Waals surface area contributed by atoms with Crippen molar-refractivity contribution in [2.24, 2.45) is 11.8 Å². The molecule has 4 heteroatoms. The van der Waals surface area contributed by atoms with Gasteiger partial charge in [0.05, 0.1) is 0 Å². The van der Waals surface area contributed by atoms with E-state index in [9.17, 15) is 4.79 Å². The van der Waals surface area contributed by atoms with Crippen LogP contribution >= 0.6 is 11.3 Å². The van der Waals surface area contributed by atoms with Crippen LogP contribution in [0.25, 0.3) is 0 Å². The lowest BCUT2D eigenvalue weighted by Crippen LogP contribution is -2.27. The van der Waals surface area contributed by atoms with E-state index in [1.807, 2.05) is 16.3 Å². The largest absolute Gasteiger partial charge is 0.338 e. The van der Waals surface area contributed by atoms with E-state index in [1.54, 1.807) is 0 Å². The third-order valence-corrected chi connectivity index (χ3v) is 4.19. The van der Waals surface area contributed by atoms with Crippen molar-refractivity contribution in [3.8, 4) is 6.07 Å². The van der Waals surface area contributed by atoms with Crippen molar-refractivity contribution >= 4 is 17.2 Å². The van der Waals surface area contributed by atoms with Gasteiger partial charge in [-0.15, -0.1) is 11.3 Å². The number of carbonyl (C=O) groups is 1. The molecule has 1 unspecified atom stereocenters. The molecule has 1 aromatic rings. The first-order valence-electron chi connectivity index (χ1n) is 6.36. The number of nitriles is 1. The number of rotatable bonds is 4. The molecule has 1 atom stereocenters. The summed E-state index contributed by atoms with van der Waals surface area (Å²) in [5.74, 6) is 1.07. The number of hydrogen-bond donors (Lipinski definition) is 0. The van der Waals surface area contributed by atoms with Gasteiger partial charge in [-0.25, -0.2) is 0 Å². The van der Waals surface area contributed by atoms with Gasteiger partial charge in [-0.2, -0.15) is 5.26 Å². The van der Waals surface area contributed by atoms with E-state index < -0.39 is 0 Å². The van der Waals surface area contributed by atoms with Crippen LogP contribution < -0.4 is 0 Å². The van der Waals surface area contributed by atoms with Gasteiger partial charge in [0, 0.05) is 19.0 Å². The molecule has 2 heterocycles. The fourth-order valence-corrected chi connectivity index (χ4v) is 3.18. The number of carbonyl (C=O) groups excluding carboxylic acids is 1.